The maximum absolute atomic E-state index is 13.2. The van der Waals surface area contributed by atoms with Gasteiger partial charge in [-0.2, -0.15) is 0 Å². The third-order valence-electron chi connectivity index (χ3n) is 5.85. The number of rotatable bonds is 3. The van der Waals surface area contributed by atoms with Gasteiger partial charge in [0.1, 0.15) is 6.10 Å². The summed E-state index contributed by atoms with van der Waals surface area (Å²) in [7, 11) is 0. The number of carbonyl (C=O) groups is 2. The van der Waals surface area contributed by atoms with E-state index in [-0.39, 0.29) is 17.9 Å². The molecule has 148 valence electrons. The molecule has 1 aliphatic heterocycles. The average Bonchev–Trinajstić information content (AvgIpc) is 3.14. The van der Waals surface area contributed by atoms with Crippen LogP contribution in [0.4, 0.5) is 0 Å². The quantitative estimate of drug-likeness (QED) is 0.661. The molecule has 3 aliphatic rings. The van der Waals surface area contributed by atoms with E-state index >= 15 is 0 Å². The number of esters is 1. The molecule has 0 amide bonds. The van der Waals surface area contributed by atoms with E-state index in [4.69, 9.17) is 27.9 Å². The minimum absolute atomic E-state index is 0.0495. The van der Waals surface area contributed by atoms with Crippen molar-refractivity contribution in [2.24, 2.45) is 0 Å². The van der Waals surface area contributed by atoms with Crippen molar-refractivity contribution < 1.29 is 14.3 Å². The molecule has 1 atom stereocenters. The molecule has 0 bridgehead atoms. The zero-order valence-electron chi connectivity index (χ0n) is 15.8. The lowest BCUT2D eigenvalue weighted by molar-refractivity contribution is -0.144. The lowest BCUT2D eigenvalue weighted by Gasteiger charge is -2.34. The van der Waals surface area contributed by atoms with Crippen LogP contribution in [0.2, 0.25) is 10.0 Å². The molecule has 0 aromatic heterocycles. The summed E-state index contributed by atoms with van der Waals surface area (Å²) in [5, 5.41) is 4.27. The number of dihydropyridines is 1. The van der Waals surface area contributed by atoms with E-state index in [2.05, 4.69) is 5.32 Å². The Morgan fingerprint density at radius 1 is 1.14 bits per heavy atom. The fourth-order valence-corrected chi connectivity index (χ4v) is 5.04. The fraction of sp³-hybridized carbons (Fsp3) is 0.455. The monoisotopic (exact) mass is 419 g/mol. The second-order valence-electron chi connectivity index (χ2n) is 7.74. The summed E-state index contributed by atoms with van der Waals surface area (Å²) < 4.78 is 5.81. The van der Waals surface area contributed by atoms with Gasteiger partial charge in [0.15, 0.2) is 5.78 Å². The van der Waals surface area contributed by atoms with Crippen LogP contribution >= 0.6 is 23.2 Å². The Hall–Kier alpha value is -1.78. The Morgan fingerprint density at radius 2 is 1.89 bits per heavy atom. The Labute approximate surface area is 174 Å². The number of carbonyl (C=O) groups excluding carboxylic acids is 2. The second-order valence-corrected chi connectivity index (χ2v) is 8.59. The Morgan fingerprint density at radius 3 is 2.61 bits per heavy atom. The second kappa shape index (κ2) is 7.92. The topological polar surface area (TPSA) is 55.4 Å². The van der Waals surface area contributed by atoms with E-state index in [9.17, 15) is 9.59 Å². The highest BCUT2D eigenvalue weighted by Crippen LogP contribution is 2.45. The van der Waals surface area contributed by atoms with E-state index in [1.165, 1.54) is 0 Å². The number of ketones is 1. The minimum atomic E-state index is -0.525. The van der Waals surface area contributed by atoms with Crippen molar-refractivity contribution in [3.63, 3.8) is 0 Å². The molecule has 0 spiro atoms. The third-order valence-corrected chi connectivity index (χ3v) is 6.41. The first-order valence-corrected chi connectivity index (χ1v) is 10.6. The zero-order valence-corrected chi connectivity index (χ0v) is 17.3. The van der Waals surface area contributed by atoms with Gasteiger partial charge in [0.2, 0.25) is 0 Å². The molecule has 2 aliphatic carbocycles. The van der Waals surface area contributed by atoms with Gasteiger partial charge in [-0.1, -0.05) is 29.3 Å². The maximum Gasteiger partial charge on any atom is 0.337 e. The molecule has 1 saturated carbocycles. The number of nitrogens with one attached hydrogen (secondary N) is 1. The van der Waals surface area contributed by atoms with Crippen LogP contribution in [0.5, 0.6) is 0 Å². The first-order chi connectivity index (χ1) is 13.5. The van der Waals surface area contributed by atoms with Crippen LogP contribution in [0, 0.1) is 0 Å². The largest absolute Gasteiger partial charge is 0.459 e. The predicted molar refractivity (Wildman–Crippen MR) is 109 cm³/mol. The lowest BCUT2D eigenvalue weighted by atomic mass is 9.75. The van der Waals surface area contributed by atoms with Gasteiger partial charge in [-0.15, -0.1) is 0 Å². The Kier molecular flexibility index (Phi) is 5.52. The molecule has 1 N–H and O–H groups in total. The molecule has 0 unspecified atom stereocenters. The molecular weight excluding hydrogens is 397 g/mol. The van der Waals surface area contributed by atoms with E-state index in [0.29, 0.717) is 33.2 Å². The molecule has 0 saturated heterocycles. The summed E-state index contributed by atoms with van der Waals surface area (Å²) in [4.78, 5) is 26.1. The van der Waals surface area contributed by atoms with Crippen LogP contribution in [0.1, 0.15) is 63.4 Å². The van der Waals surface area contributed by atoms with Crippen LogP contribution in [0.25, 0.3) is 0 Å². The summed E-state index contributed by atoms with van der Waals surface area (Å²) in [6.07, 6.45) is 5.96. The average molecular weight is 420 g/mol. The molecule has 4 rings (SSSR count). The standard InChI is InChI=1S/C22H23Cl2NO3/c1-12-19(22(27)28-14-5-2-3-6-14)20(15-10-9-13(23)11-16(15)24)21-17(25-12)7-4-8-18(21)26/h9-11,14,20,25H,2-8H2,1H3/t20-/m0/s1. The number of ether oxygens (including phenoxy) is 1. The van der Waals surface area contributed by atoms with Crippen LogP contribution in [0.15, 0.2) is 40.7 Å². The van der Waals surface area contributed by atoms with E-state index < -0.39 is 5.92 Å². The first kappa shape index (κ1) is 19.5. The van der Waals surface area contributed by atoms with Crippen LogP contribution < -0.4 is 5.32 Å². The number of hydrogen-bond donors (Lipinski definition) is 1. The number of Topliss-reactive ketones (excluding diaryl/α,β-unsaturated/α-hetero) is 1. The normalized spacial score (nSPS) is 23.0. The smallest absolute Gasteiger partial charge is 0.337 e. The summed E-state index contributed by atoms with van der Waals surface area (Å²) in [5.74, 6) is -0.830. The van der Waals surface area contributed by atoms with Crippen molar-refractivity contribution in [3.8, 4) is 0 Å². The molecule has 0 radical (unpaired) electrons. The lowest BCUT2D eigenvalue weighted by Crippen LogP contribution is -2.35. The van der Waals surface area contributed by atoms with Gasteiger partial charge in [0.05, 0.1) is 5.57 Å². The third kappa shape index (κ3) is 3.60. The van der Waals surface area contributed by atoms with Crippen LogP contribution in [-0.2, 0) is 14.3 Å². The number of allylic oxidation sites excluding steroid dienone is 3. The van der Waals surface area contributed by atoms with Gasteiger partial charge in [-0.3, -0.25) is 4.79 Å². The molecular formula is C22H23Cl2NO3. The van der Waals surface area contributed by atoms with Crippen molar-refractivity contribution in [2.45, 2.75) is 63.9 Å². The van der Waals surface area contributed by atoms with E-state index in [1.54, 1.807) is 12.1 Å². The van der Waals surface area contributed by atoms with Crippen LogP contribution in [0.3, 0.4) is 0 Å². The van der Waals surface area contributed by atoms with Gasteiger partial charge < -0.3 is 10.1 Å². The molecule has 28 heavy (non-hydrogen) atoms. The highest BCUT2D eigenvalue weighted by Gasteiger charge is 2.40. The predicted octanol–water partition coefficient (Wildman–Crippen LogP) is 5.45. The first-order valence-electron chi connectivity index (χ1n) is 9.85. The van der Waals surface area contributed by atoms with Gasteiger partial charge in [-0.25, -0.2) is 4.79 Å². The summed E-state index contributed by atoms with van der Waals surface area (Å²) in [6, 6.07) is 5.21. The molecule has 6 heteroatoms. The van der Waals surface area contributed by atoms with E-state index in [0.717, 1.165) is 49.9 Å². The fourth-order valence-electron chi connectivity index (χ4n) is 4.52. The van der Waals surface area contributed by atoms with Crippen LogP contribution in [-0.4, -0.2) is 17.9 Å². The molecule has 1 aromatic carbocycles. The van der Waals surface area contributed by atoms with E-state index in [1.807, 2.05) is 13.0 Å². The zero-order chi connectivity index (χ0) is 19.8. The Bertz CT molecular complexity index is 897. The van der Waals surface area contributed by atoms with Crippen molar-refractivity contribution in [3.05, 3.63) is 56.3 Å². The van der Waals surface area contributed by atoms with Gasteiger partial charge >= 0.3 is 5.97 Å². The van der Waals surface area contributed by atoms with Crippen molar-refractivity contribution in [1.29, 1.82) is 0 Å². The highest BCUT2D eigenvalue weighted by atomic mass is 35.5. The molecule has 1 fully saturated rings. The number of benzene rings is 1. The summed E-state index contributed by atoms with van der Waals surface area (Å²) in [6.45, 7) is 1.87. The SMILES string of the molecule is CC1=C(C(=O)OC2CCCC2)[C@H](c2ccc(Cl)cc2Cl)C2=C(CCCC2=O)N1. The van der Waals surface area contributed by atoms with Crippen molar-refractivity contribution in [2.75, 3.05) is 0 Å². The highest BCUT2D eigenvalue weighted by molar-refractivity contribution is 6.35. The van der Waals surface area contributed by atoms with Gasteiger partial charge in [0.25, 0.3) is 0 Å². The molecule has 1 heterocycles. The van der Waals surface area contributed by atoms with Gasteiger partial charge in [-0.05, 0) is 63.1 Å². The molecule has 1 aromatic rings. The van der Waals surface area contributed by atoms with Gasteiger partial charge in [0, 0.05) is 39.4 Å². The summed E-state index contributed by atoms with van der Waals surface area (Å²) >= 11 is 12.6. The Balaban J connectivity index is 1.80. The number of hydrogen-bond acceptors (Lipinski definition) is 4. The molecule has 4 nitrogen and oxygen atoms in total. The maximum atomic E-state index is 13.2. The summed E-state index contributed by atoms with van der Waals surface area (Å²) in [5.41, 5.74) is 3.45. The minimum Gasteiger partial charge on any atom is -0.459 e. The van der Waals surface area contributed by atoms with Crippen molar-refractivity contribution >= 4 is 35.0 Å². The number of halogens is 2. The van der Waals surface area contributed by atoms with Crippen molar-refractivity contribution in [1.82, 2.24) is 5.32 Å².